The van der Waals surface area contributed by atoms with Crippen molar-refractivity contribution in [1.82, 2.24) is 20.2 Å². The predicted octanol–water partition coefficient (Wildman–Crippen LogP) is 2.98. The number of nitrogens with zero attached hydrogens (tertiary/aromatic N) is 4. The maximum atomic E-state index is 4.26. The molecule has 0 spiro atoms. The molecule has 0 amide bonds. The molecule has 0 aliphatic heterocycles. The number of thiazole rings is 1. The molecule has 0 aromatic carbocycles. The van der Waals surface area contributed by atoms with Gasteiger partial charge in [-0.1, -0.05) is 17.4 Å². The molecule has 0 atom stereocenters. The fourth-order valence-electron chi connectivity index (χ4n) is 1.54. The van der Waals surface area contributed by atoms with Gasteiger partial charge >= 0.3 is 0 Å². The van der Waals surface area contributed by atoms with E-state index in [2.05, 4.69) is 25.5 Å². The molecule has 5 nitrogen and oxygen atoms in total. The molecule has 3 aromatic rings. The summed E-state index contributed by atoms with van der Waals surface area (Å²) in [5, 5.41) is 13.2. The minimum absolute atomic E-state index is 0.730. The first kappa shape index (κ1) is 12.2. The van der Waals surface area contributed by atoms with E-state index in [9.17, 15) is 0 Å². The third-order valence-electron chi connectivity index (χ3n) is 2.55. The Balaban J connectivity index is 1.70. The summed E-state index contributed by atoms with van der Waals surface area (Å²) >= 11 is 3.14. The summed E-state index contributed by atoms with van der Waals surface area (Å²) in [5.74, 6) is 0. The van der Waals surface area contributed by atoms with E-state index >= 15 is 0 Å². The molecule has 0 fully saturated rings. The standard InChI is InChI=1S/C12H11N5S2/c1-8-10(18-7-15-8)6-14-12-17-16-11(19-12)9-4-2-3-5-13-9/h2-5,7H,6H2,1H3,(H,14,17). The van der Waals surface area contributed by atoms with E-state index in [0.29, 0.717) is 0 Å². The van der Waals surface area contributed by atoms with Gasteiger partial charge in [0.05, 0.1) is 17.7 Å². The van der Waals surface area contributed by atoms with Gasteiger partial charge in [-0.2, -0.15) is 0 Å². The summed E-state index contributed by atoms with van der Waals surface area (Å²) in [6.07, 6.45) is 1.75. The smallest absolute Gasteiger partial charge is 0.206 e. The Kier molecular flexibility index (Phi) is 3.47. The van der Waals surface area contributed by atoms with Gasteiger partial charge in [0, 0.05) is 11.1 Å². The van der Waals surface area contributed by atoms with Crippen LogP contribution in [0.1, 0.15) is 10.6 Å². The maximum absolute atomic E-state index is 4.26. The molecule has 0 saturated carbocycles. The summed E-state index contributed by atoms with van der Waals surface area (Å²) in [5.41, 5.74) is 3.76. The van der Waals surface area contributed by atoms with E-state index in [-0.39, 0.29) is 0 Å². The fourth-order valence-corrected chi connectivity index (χ4v) is 2.97. The van der Waals surface area contributed by atoms with Crippen molar-refractivity contribution in [3.05, 3.63) is 40.5 Å². The Morgan fingerprint density at radius 1 is 1.21 bits per heavy atom. The number of hydrogen-bond donors (Lipinski definition) is 1. The molecule has 0 unspecified atom stereocenters. The number of anilines is 1. The van der Waals surface area contributed by atoms with Gasteiger partial charge in [0.15, 0.2) is 5.01 Å². The van der Waals surface area contributed by atoms with Gasteiger partial charge < -0.3 is 5.32 Å². The van der Waals surface area contributed by atoms with E-state index in [1.807, 2.05) is 30.6 Å². The highest BCUT2D eigenvalue weighted by molar-refractivity contribution is 7.18. The number of hydrogen-bond acceptors (Lipinski definition) is 7. The van der Waals surface area contributed by atoms with Gasteiger partial charge in [0.25, 0.3) is 0 Å². The quantitative estimate of drug-likeness (QED) is 0.800. The maximum Gasteiger partial charge on any atom is 0.206 e. The Morgan fingerprint density at radius 3 is 2.89 bits per heavy atom. The lowest BCUT2D eigenvalue weighted by atomic mass is 10.4. The monoisotopic (exact) mass is 289 g/mol. The van der Waals surface area contributed by atoms with Crippen molar-refractivity contribution >= 4 is 27.8 Å². The van der Waals surface area contributed by atoms with Crippen molar-refractivity contribution in [2.24, 2.45) is 0 Å². The van der Waals surface area contributed by atoms with Gasteiger partial charge in [0.1, 0.15) is 5.69 Å². The van der Waals surface area contributed by atoms with Crippen LogP contribution in [0.2, 0.25) is 0 Å². The van der Waals surface area contributed by atoms with Gasteiger partial charge in [-0.05, 0) is 19.1 Å². The Bertz CT molecular complexity index is 662. The Morgan fingerprint density at radius 2 is 2.16 bits per heavy atom. The van der Waals surface area contributed by atoms with Crippen molar-refractivity contribution < 1.29 is 0 Å². The van der Waals surface area contributed by atoms with Gasteiger partial charge in [-0.25, -0.2) is 4.98 Å². The van der Waals surface area contributed by atoms with Crippen LogP contribution in [0.25, 0.3) is 10.7 Å². The van der Waals surface area contributed by atoms with Crippen molar-refractivity contribution in [3.63, 3.8) is 0 Å². The molecule has 7 heteroatoms. The molecule has 3 aromatic heterocycles. The lowest BCUT2D eigenvalue weighted by molar-refractivity contribution is 1.05. The first-order valence-electron chi connectivity index (χ1n) is 5.70. The van der Waals surface area contributed by atoms with Gasteiger partial charge in [-0.15, -0.1) is 21.5 Å². The van der Waals surface area contributed by atoms with Crippen LogP contribution >= 0.6 is 22.7 Å². The molecule has 1 N–H and O–H groups in total. The second kappa shape index (κ2) is 5.41. The zero-order valence-electron chi connectivity index (χ0n) is 10.2. The van der Waals surface area contributed by atoms with Crippen molar-refractivity contribution in [2.75, 3.05) is 5.32 Å². The van der Waals surface area contributed by atoms with Crippen LogP contribution in [-0.4, -0.2) is 20.2 Å². The number of aromatic nitrogens is 4. The van der Waals surface area contributed by atoms with Crippen LogP contribution in [0.5, 0.6) is 0 Å². The Hall–Kier alpha value is -1.86. The SMILES string of the molecule is Cc1ncsc1CNc1nnc(-c2ccccn2)s1. The van der Waals surface area contributed by atoms with E-state index in [1.165, 1.54) is 16.2 Å². The molecular weight excluding hydrogens is 278 g/mol. The summed E-state index contributed by atoms with van der Waals surface area (Å²) < 4.78 is 0. The molecule has 3 heterocycles. The average Bonchev–Trinajstić information content (AvgIpc) is 3.06. The largest absolute Gasteiger partial charge is 0.355 e. The van der Waals surface area contributed by atoms with E-state index in [0.717, 1.165) is 28.1 Å². The van der Waals surface area contributed by atoms with Crippen molar-refractivity contribution in [2.45, 2.75) is 13.5 Å². The third kappa shape index (κ3) is 2.77. The van der Waals surface area contributed by atoms with Crippen LogP contribution in [0.15, 0.2) is 29.9 Å². The summed E-state index contributed by atoms with van der Waals surface area (Å²) in [4.78, 5) is 9.69. The molecule has 19 heavy (non-hydrogen) atoms. The molecule has 0 aliphatic rings. The molecule has 0 aliphatic carbocycles. The predicted molar refractivity (Wildman–Crippen MR) is 77.3 cm³/mol. The second-order valence-electron chi connectivity index (χ2n) is 3.84. The minimum atomic E-state index is 0.730. The van der Waals surface area contributed by atoms with Crippen molar-refractivity contribution in [3.8, 4) is 10.7 Å². The zero-order chi connectivity index (χ0) is 13.1. The van der Waals surface area contributed by atoms with Crippen LogP contribution < -0.4 is 5.32 Å². The first-order valence-corrected chi connectivity index (χ1v) is 7.40. The lowest BCUT2D eigenvalue weighted by Gasteiger charge is -1.99. The molecule has 0 bridgehead atoms. The van der Waals surface area contributed by atoms with Crippen LogP contribution in [0.4, 0.5) is 5.13 Å². The second-order valence-corrected chi connectivity index (χ2v) is 5.76. The fraction of sp³-hybridized carbons (Fsp3) is 0.167. The summed E-state index contributed by atoms with van der Waals surface area (Å²) in [6.45, 7) is 2.74. The lowest BCUT2D eigenvalue weighted by Crippen LogP contribution is -1.98. The molecular formula is C12H11N5S2. The first-order chi connectivity index (χ1) is 9.33. The van der Waals surface area contributed by atoms with Crippen LogP contribution in [0, 0.1) is 6.92 Å². The van der Waals surface area contributed by atoms with E-state index in [1.54, 1.807) is 17.5 Å². The van der Waals surface area contributed by atoms with Crippen LogP contribution in [0.3, 0.4) is 0 Å². The average molecular weight is 289 g/mol. The normalized spacial score (nSPS) is 10.6. The summed E-state index contributed by atoms with van der Waals surface area (Å²) in [7, 11) is 0. The Labute approximate surface area is 118 Å². The number of pyridine rings is 1. The molecule has 0 saturated heterocycles. The highest BCUT2D eigenvalue weighted by Crippen LogP contribution is 2.25. The highest BCUT2D eigenvalue weighted by Gasteiger charge is 2.08. The zero-order valence-corrected chi connectivity index (χ0v) is 11.8. The highest BCUT2D eigenvalue weighted by atomic mass is 32.1. The number of aryl methyl sites for hydroxylation is 1. The third-order valence-corrected chi connectivity index (χ3v) is 4.39. The minimum Gasteiger partial charge on any atom is -0.355 e. The molecule has 96 valence electrons. The van der Waals surface area contributed by atoms with Crippen LogP contribution in [-0.2, 0) is 6.54 Å². The van der Waals surface area contributed by atoms with Crippen molar-refractivity contribution in [1.29, 1.82) is 0 Å². The number of rotatable bonds is 4. The summed E-state index contributed by atoms with van der Waals surface area (Å²) in [6, 6.07) is 5.76. The molecule has 3 rings (SSSR count). The van der Waals surface area contributed by atoms with E-state index in [4.69, 9.17) is 0 Å². The van der Waals surface area contributed by atoms with Gasteiger partial charge in [-0.3, -0.25) is 4.98 Å². The molecule has 0 radical (unpaired) electrons. The topological polar surface area (TPSA) is 63.6 Å². The van der Waals surface area contributed by atoms with E-state index < -0.39 is 0 Å². The number of nitrogens with one attached hydrogen (secondary N) is 1. The van der Waals surface area contributed by atoms with Gasteiger partial charge in [0.2, 0.25) is 5.13 Å².